The summed E-state index contributed by atoms with van der Waals surface area (Å²) in [6, 6.07) is 15.5. The monoisotopic (exact) mass is 442 g/mol. The van der Waals surface area contributed by atoms with Gasteiger partial charge in [-0.2, -0.15) is 0 Å². The van der Waals surface area contributed by atoms with E-state index in [1.807, 2.05) is 66.6 Å². The number of nitrogens with zero attached hydrogens (tertiary/aromatic N) is 3. The van der Waals surface area contributed by atoms with Crippen LogP contribution in [0.1, 0.15) is 47.3 Å². The van der Waals surface area contributed by atoms with Crippen LogP contribution in [0.15, 0.2) is 54.7 Å². The first-order valence-corrected chi connectivity index (χ1v) is 11.9. The van der Waals surface area contributed by atoms with E-state index >= 15 is 0 Å². The number of imidazole rings is 1. The maximum atomic E-state index is 13.0. The predicted octanol–water partition coefficient (Wildman–Crippen LogP) is 4.69. The molecule has 6 heteroatoms. The number of carbonyl (C=O) groups excluding carboxylic acids is 2. The van der Waals surface area contributed by atoms with Gasteiger partial charge in [-0.15, -0.1) is 0 Å². The van der Waals surface area contributed by atoms with Crippen LogP contribution in [0, 0.1) is 12.8 Å². The summed E-state index contributed by atoms with van der Waals surface area (Å²) in [6.07, 6.45) is 7.12. The SMILES string of the molecule is Cc1ccc(C(=O)N2CCCC(C(=O)Nc3ccc(-c4ncc5n4CCCC5)cc3)C2)cc1. The number of carbonyl (C=O) groups is 2. The fourth-order valence-electron chi connectivity index (χ4n) is 4.87. The van der Waals surface area contributed by atoms with Crippen molar-refractivity contribution in [2.75, 3.05) is 18.4 Å². The van der Waals surface area contributed by atoms with Crippen molar-refractivity contribution in [1.82, 2.24) is 14.5 Å². The molecule has 2 aromatic carbocycles. The van der Waals surface area contributed by atoms with Crippen molar-refractivity contribution in [3.05, 3.63) is 71.5 Å². The molecule has 0 spiro atoms. The summed E-state index contributed by atoms with van der Waals surface area (Å²) < 4.78 is 2.30. The summed E-state index contributed by atoms with van der Waals surface area (Å²) in [7, 11) is 0. The van der Waals surface area contributed by atoms with Crippen LogP contribution < -0.4 is 5.32 Å². The molecule has 1 aromatic heterocycles. The summed E-state index contributed by atoms with van der Waals surface area (Å²) >= 11 is 0. The Morgan fingerprint density at radius 1 is 0.970 bits per heavy atom. The Hall–Kier alpha value is -3.41. The van der Waals surface area contributed by atoms with Crippen LogP contribution in [0.25, 0.3) is 11.4 Å². The Morgan fingerprint density at radius 3 is 2.55 bits per heavy atom. The number of likely N-dealkylation sites (tertiary alicyclic amines) is 1. The highest BCUT2D eigenvalue weighted by molar-refractivity contribution is 5.96. The highest BCUT2D eigenvalue weighted by atomic mass is 16.2. The molecule has 3 aromatic rings. The zero-order valence-electron chi connectivity index (χ0n) is 19.1. The minimum absolute atomic E-state index is 0.000109. The quantitative estimate of drug-likeness (QED) is 0.638. The number of piperidine rings is 1. The van der Waals surface area contributed by atoms with Crippen LogP contribution in [0.2, 0.25) is 0 Å². The Kier molecular flexibility index (Phi) is 5.99. The predicted molar refractivity (Wildman–Crippen MR) is 129 cm³/mol. The number of amides is 2. The molecule has 1 saturated heterocycles. The maximum absolute atomic E-state index is 13.0. The molecule has 2 amide bonds. The number of nitrogens with one attached hydrogen (secondary N) is 1. The second-order valence-corrected chi connectivity index (χ2v) is 9.20. The molecule has 1 atom stereocenters. The molecule has 2 aliphatic rings. The molecule has 1 N–H and O–H groups in total. The molecule has 1 unspecified atom stereocenters. The van der Waals surface area contributed by atoms with E-state index < -0.39 is 0 Å². The van der Waals surface area contributed by atoms with E-state index in [1.165, 1.54) is 18.5 Å². The Bertz CT molecular complexity index is 1150. The van der Waals surface area contributed by atoms with Gasteiger partial charge in [0.1, 0.15) is 5.82 Å². The van der Waals surface area contributed by atoms with E-state index in [-0.39, 0.29) is 17.7 Å². The van der Waals surface area contributed by atoms with E-state index in [0.717, 1.165) is 48.4 Å². The second kappa shape index (κ2) is 9.22. The van der Waals surface area contributed by atoms with Crippen LogP contribution in [0.3, 0.4) is 0 Å². The van der Waals surface area contributed by atoms with E-state index in [9.17, 15) is 9.59 Å². The Labute approximate surface area is 194 Å². The molecule has 0 aliphatic carbocycles. The van der Waals surface area contributed by atoms with Gasteiger partial charge in [-0.1, -0.05) is 17.7 Å². The van der Waals surface area contributed by atoms with Gasteiger partial charge >= 0.3 is 0 Å². The standard InChI is InChI=1S/C27H30N4O2/c1-19-7-9-21(10-8-19)27(33)30-15-4-5-22(18-30)26(32)29-23-13-11-20(12-14-23)25-28-17-24-6-2-3-16-31(24)25/h7-14,17,22H,2-6,15-16,18H2,1H3,(H,29,32). The lowest BCUT2D eigenvalue weighted by Gasteiger charge is -2.32. The van der Waals surface area contributed by atoms with Crippen molar-refractivity contribution in [1.29, 1.82) is 0 Å². The minimum Gasteiger partial charge on any atom is -0.338 e. The first-order chi connectivity index (χ1) is 16.1. The van der Waals surface area contributed by atoms with E-state index in [2.05, 4.69) is 14.9 Å². The topological polar surface area (TPSA) is 67.2 Å². The van der Waals surface area contributed by atoms with Gasteiger partial charge in [0.05, 0.1) is 5.92 Å². The van der Waals surface area contributed by atoms with Crippen molar-refractivity contribution in [2.45, 2.75) is 45.6 Å². The molecule has 0 radical (unpaired) electrons. The third-order valence-electron chi connectivity index (χ3n) is 6.79. The average Bonchev–Trinajstić information content (AvgIpc) is 3.29. The van der Waals surface area contributed by atoms with Crippen molar-refractivity contribution in [3.63, 3.8) is 0 Å². The van der Waals surface area contributed by atoms with Gasteiger partial charge < -0.3 is 14.8 Å². The molecule has 170 valence electrons. The van der Waals surface area contributed by atoms with E-state index in [4.69, 9.17) is 0 Å². The Balaban J connectivity index is 1.22. The van der Waals surface area contributed by atoms with Gasteiger partial charge in [-0.3, -0.25) is 9.59 Å². The normalized spacial score (nSPS) is 18.0. The molecule has 5 rings (SSSR count). The zero-order chi connectivity index (χ0) is 22.8. The fraction of sp³-hybridized carbons (Fsp3) is 0.370. The third kappa shape index (κ3) is 4.56. The van der Waals surface area contributed by atoms with Crippen LogP contribution in [0.4, 0.5) is 5.69 Å². The summed E-state index contributed by atoms with van der Waals surface area (Å²) in [6.45, 7) is 4.17. The lowest BCUT2D eigenvalue weighted by molar-refractivity contribution is -0.121. The van der Waals surface area contributed by atoms with Crippen molar-refractivity contribution in [3.8, 4) is 11.4 Å². The molecule has 0 bridgehead atoms. The average molecular weight is 443 g/mol. The van der Waals surface area contributed by atoms with Gasteiger partial charge in [0, 0.05) is 48.3 Å². The van der Waals surface area contributed by atoms with Crippen molar-refractivity contribution < 1.29 is 9.59 Å². The van der Waals surface area contributed by atoms with Gasteiger partial charge in [0.25, 0.3) is 5.91 Å². The van der Waals surface area contributed by atoms with Crippen LogP contribution >= 0.6 is 0 Å². The second-order valence-electron chi connectivity index (χ2n) is 9.20. The molecule has 0 saturated carbocycles. The smallest absolute Gasteiger partial charge is 0.253 e. The summed E-state index contributed by atoms with van der Waals surface area (Å²) in [5, 5.41) is 3.05. The van der Waals surface area contributed by atoms with Gasteiger partial charge in [0.15, 0.2) is 0 Å². The van der Waals surface area contributed by atoms with Gasteiger partial charge in [0.2, 0.25) is 5.91 Å². The van der Waals surface area contributed by atoms with E-state index in [1.54, 1.807) is 0 Å². The number of anilines is 1. The van der Waals surface area contributed by atoms with Crippen molar-refractivity contribution in [2.24, 2.45) is 5.92 Å². The summed E-state index contributed by atoms with van der Waals surface area (Å²) in [5.74, 6) is 0.773. The number of aryl methyl sites for hydroxylation is 2. The van der Waals surface area contributed by atoms with Crippen LogP contribution in [0.5, 0.6) is 0 Å². The van der Waals surface area contributed by atoms with E-state index in [0.29, 0.717) is 18.7 Å². The van der Waals surface area contributed by atoms with Crippen LogP contribution in [-0.4, -0.2) is 39.4 Å². The first-order valence-electron chi connectivity index (χ1n) is 11.9. The third-order valence-corrected chi connectivity index (χ3v) is 6.79. The summed E-state index contributed by atoms with van der Waals surface area (Å²) in [4.78, 5) is 32.3. The molecule has 33 heavy (non-hydrogen) atoms. The molecular weight excluding hydrogens is 412 g/mol. The number of aromatic nitrogens is 2. The number of hydrogen-bond donors (Lipinski definition) is 1. The Morgan fingerprint density at radius 2 is 1.76 bits per heavy atom. The molecule has 1 fully saturated rings. The number of benzene rings is 2. The molecule has 6 nitrogen and oxygen atoms in total. The van der Waals surface area contributed by atoms with Gasteiger partial charge in [-0.25, -0.2) is 4.98 Å². The number of fused-ring (bicyclic) bond motifs is 1. The maximum Gasteiger partial charge on any atom is 0.253 e. The van der Waals surface area contributed by atoms with Crippen molar-refractivity contribution >= 4 is 17.5 Å². The van der Waals surface area contributed by atoms with Gasteiger partial charge in [-0.05, 0) is 75.4 Å². The highest BCUT2D eigenvalue weighted by Crippen LogP contribution is 2.26. The molecule has 3 heterocycles. The lowest BCUT2D eigenvalue weighted by Crippen LogP contribution is -2.43. The van der Waals surface area contributed by atoms with Crippen LogP contribution in [-0.2, 0) is 17.8 Å². The number of rotatable bonds is 4. The first kappa shape index (κ1) is 21.4. The molecule has 2 aliphatic heterocycles. The number of hydrogen-bond acceptors (Lipinski definition) is 3. The lowest BCUT2D eigenvalue weighted by atomic mass is 9.96. The highest BCUT2D eigenvalue weighted by Gasteiger charge is 2.29. The molecular formula is C27H30N4O2. The largest absolute Gasteiger partial charge is 0.338 e. The summed E-state index contributed by atoms with van der Waals surface area (Å²) in [5.41, 5.74) is 4.94. The minimum atomic E-state index is -0.202. The fourth-order valence-corrected chi connectivity index (χ4v) is 4.87. The zero-order valence-corrected chi connectivity index (χ0v) is 19.1.